The Morgan fingerprint density at radius 2 is 2.00 bits per heavy atom. The molecule has 0 radical (unpaired) electrons. The molecule has 0 aromatic heterocycles. The number of benzene rings is 1. The van der Waals surface area contributed by atoms with Gasteiger partial charge in [-0.3, -0.25) is 4.79 Å². The van der Waals surface area contributed by atoms with Crippen LogP contribution in [0.15, 0.2) is 18.2 Å². The summed E-state index contributed by atoms with van der Waals surface area (Å²) in [6.07, 6.45) is -5.49. The van der Waals surface area contributed by atoms with Crippen molar-refractivity contribution in [2.45, 2.75) is 12.6 Å². The zero-order valence-electron chi connectivity index (χ0n) is 10.4. The number of hydrogen-bond acceptors (Lipinski definition) is 2. The first-order valence-corrected chi connectivity index (χ1v) is 5.40. The largest absolute Gasteiger partial charge is 0.497 e. The third-order valence-corrected chi connectivity index (χ3v) is 2.48. The smallest absolute Gasteiger partial charge is 0.390 e. The van der Waals surface area contributed by atoms with Crippen molar-refractivity contribution < 1.29 is 27.1 Å². The summed E-state index contributed by atoms with van der Waals surface area (Å²) >= 11 is 0. The highest BCUT2D eigenvalue weighted by atomic mass is 19.4. The second-order valence-electron chi connectivity index (χ2n) is 3.94. The van der Waals surface area contributed by atoms with Crippen LogP contribution in [0.25, 0.3) is 0 Å². The Bertz CT molecular complexity index is 460. The van der Waals surface area contributed by atoms with Crippen molar-refractivity contribution in [2.75, 3.05) is 20.7 Å². The lowest BCUT2D eigenvalue weighted by Crippen LogP contribution is -2.31. The van der Waals surface area contributed by atoms with Gasteiger partial charge in [0.25, 0.3) is 5.91 Å². The maximum Gasteiger partial charge on any atom is 0.390 e. The summed E-state index contributed by atoms with van der Waals surface area (Å²) in [4.78, 5) is 12.6. The fourth-order valence-electron chi connectivity index (χ4n) is 1.40. The first kappa shape index (κ1) is 15.3. The lowest BCUT2D eigenvalue weighted by molar-refractivity contribution is -0.136. The quantitative estimate of drug-likeness (QED) is 0.793. The molecule has 106 valence electrons. The van der Waals surface area contributed by atoms with E-state index in [2.05, 4.69) is 0 Å². The number of hydrogen-bond donors (Lipinski definition) is 0. The molecule has 19 heavy (non-hydrogen) atoms. The molecule has 0 aliphatic heterocycles. The minimum atomic E-state index is -4.35. The Morgan fingerprint density at radius 1 is 1.37 bits per heavy atom. The molecular formula is C12H13F4NO2. The maximum absolute atomic E-state index is 13.6. The lowest BCUT2D eigenvalue weighted by atomic mass is 10.1. The van der Waals surface area contributed by atoms with Crippen molar-refractivity contribution in [1.29, 1.82) is 0 Å². The maximum atomic E-state index is 13.6. The molecule has 0 N–H and O–H groups in total. The van der Waals surface area contributed by atoms with E-state index in [0.717, 1.165) is 11.0 Å². The molecule has 1 amide bonds. The van der Waals surface area contributed by atoms with E-state index in [1.54, 1.807) is 0 Å². The van der Waals surface area contributed by atoms with Crippen LogP contribution in [0.3, 0.4) is 0 Å². The van der Waals surface area contributed by atoms with E-state index in [1.165, 1.54) is 26.3 Å². The molecular weight excluding hydrogens is 266 g/mol. The number of methoxy groups -OCH3 is 1. The molecule has 0 atom stereocenters. The number of amides is 1. The SMILES string of the molecule is COc1ccc(C(=O)N(C)CCC(F)(F)F)c(F)c1. The molecule has 0 heterocycles. The van der Waals surface area contributed by atoms with Gasteiger partial charge in [0.2, 0.25) is 0 Å². The van der Waals surface area contributed by atoms with E-state index in [0.29, 0.717) is 0 Å². The normalized spacial score (nSPS) is 11.3. The summed E-state index contributed by atoms with van der Waals surface area (Å²) in [6, 6.07) is 3.55. The molecule has 7 heteroatoms. The number of nitrogens with zero attached hydrogens (tertiary/aromatic N) is 1. The van der Waals surface area contributed by atoms with Crippen molar-refractivity contribution in [2.24, 2.45) is 0 Å². The molecule has 0 saturated carbocycles. The van der Waals surface area contributed by atoms with Crippen molar-refractivity contribution >= 4 is 5.91 Å². The van der Waals surface area contributed by atoms with Gasteiger partial charge in [-0.05, 0) is 12.1 Å². The Hall–Kier alpha value is -1.79. The van der Waals surface area contributed by atoms with Gasteiger partial charge in [-0.1, -0.05) is 0 Å². The number of carbonyl (C=O) groups is 1. The Morgan fingerprint density at radius 3 is 2.47 bits per heavy atom. The summed E-state index contributed by atoms with van der Waals surface area (Å²) in [6.45, 7) is -0.520. The van der Waals surface area contributed by atoms with Crippen LogP contribution >= 0.6 is 0 Å². The molecule has 1 aromatic rings. The first-order chi connectivity index (χ1) is 8.74. The van der Waals surface area contributed by atoms with E-state index >= 15 is 0 Å². The van der Waals surface area contributed by atoms with Crippen molar-refractivity contribution in [1.82, 2.24) is 4.90 Å². The number of halogens is 4. The number of rotatable bonds is 4. The molecule has 3 nitrogen and oxygen atoms in total. The summed E-state index contributed by atoms with van der Waals surface area (Å²) in [5.74, 6) is -1.40. The van der Waals surface area contributed by atoms with Gasteiger partial charge in [0.05, 0.1) is 19.1 Å². The van der Waals surface area contributed by atoms with Gasteiger partial charge in [-0.25, -0.2) is 4.39 Å². The van der Waals surface area contributed by atoms with Crippen LogP contribution in [0.5, 0.6) is 5.75 Å². The van der Waals surface area contributed by atoms with Gasteiger partial charge in [0, 0.05) is 19.7 Å². The van der Waals surface area contributed by atoms with Crippen LogP contribution < -0.4 is 4.74 Å². The lowest BCUT2D eigenvalue weighted by Gasteiger charge is -2.18. The van der Waals surface area contributed by atoms with Crippen LogP contribution in [0.2, 0.25) is 0 Å². The summed E-state index contributed by atoms with van der Waals surface area (Å²) in [7, 11) is 2.53. The van der Waals surface area contributed by atoms with Crippen LogP contribution in [-0.2, 0) is 0 Å². The van der Waals surface area contributed by atoms with E-state index < -0.39 is 30.9 Å². The van der Waals surface area contributed by atoms with Gasteiger partial charge >= 0.3 is 6.18 Å². The fraction of sp³-hybridized carbons (Fsp3) is 0.417. The molecule has 0 fully saturated rings. The predicted octanol–water partition coefficient (Wildman–Crippen LogP) is 2.86. The van der Waals surface area contributed by atoms with Gasteiger partial charge < -0.3 is 9.64 Å². The van der Waals surface area contributed by atoms with E-state index in [4.69, 9.17) is 4.74 Å². The standard InChI is InChI=1S/C12H13F4NO2/c1-17(6-5-12(14,15)16)11(18)9-4-3-8(19-2)7-10(9)13/h3-4,7H,5-6H2,1-2H3. The Balaban J connectivity index is 2.77. The fourth-order valence-corrected chi connectivity index (χ4v) is 1.40. The Kier molecular flexibility index (Phi) is 4.74. The van der Waals surface area contributed by atoms with Gasteiger partial charge in [-0.2, -0.15) is 13.2 Å². The average Bonchev–Trinajstić information content (AvgIpc) is 2.34. The zero-order chi connectivity index (χ0) is 14.6. The van der Waals surface area contributed by atoms with E-state index in [1.807, 2.05) is 0 Å². The van der Waals surface area contributed by atoms with Crippen molar-refractivity contribution in [3.63, 3.8) is 0 Å². The molecule has 0 spiro atoms. The van der Waals surface area contributed by atoms with Crippen molar-refractivity contribution in [3.8, 4) is 5.75 Å². The number of carbonyl (C=O) groups excluding carboxylic acids is 1. The molecule has 0 unspecified atom stereocenters. The predicted molar refractivity (Wildman–Crippen MR) is 60.6 cm³/mol. The highest BCUT2D eigenvalue weighted by Crippen LogP contribution is 2.21. The highest BCUT2D eigenvalue weighted by molar-refractivity contribution is 5.94. The summed E-state index contributed by atoms with van der Waals surface area (Å²) in [5.41, 5.74) is -0.287. The number of alkyl halides is 3. The monoisotopic (exact) mass is 279 g/mol. The summed E-state index contributed by atoms with van der Waals surface area (Å²) in [5, 5.41) is 0. The molecule has 0 aliphatic carbocycles. The van der Waals surface area contributed by atoms with Crippen LogP contribution in [0.4, 0.5) is 17.6 Å². The minimum absolute atomic E-state index is 0.229. The third kappa shape index (κ3) is 4.42. The average molecular weight is 279 g/mol. The molecule has 1 rings (SSSR count). The molecule has 0 bridgehead atoms. The zero-order valence-corrected chi connectivity index (χ0v) is 10.4. The van der Waals surface area contributed by atoms with Gasteiger partial charge in [0.15, 0.2) is 0 Å². The minimum Gasteiger partial charge on any atom is -0.497 e. The van der Waals surface area contributed by atoms with E-state index in [9.17, 15) is 22.4 Å². The highest BCUT2D eigenvalue weighted by Gasteiger charge is 2.28. The topological polar surface area (TPSA) is 29.5 Å². The molecule has 0 aliphatic rings. The van der Waals surface area contributed by atoms with Crippen LogP contribution in [0, 0.1) is 5.82 Å². The van der Waals surface area contributed by atoms with Crippen LogP contribution in [0.1, 0.15) is 16.8 Å². The van der Waals surface area contributed by atoms with E-state index in [-0.39, 0.29) is 11.3 Å². The summed E-state index contributed by atoms with van der Waals surface area (Å²) < 4.78 is 54.4. The second kappa shape index (κ2) is 5.90. The molecule has 0 saturated heterocycles. The van der Waals surface area contributed by atoms with Gasteiger partial charge in [0.1, 0.15) is 11.6 Å². The second-order valence-corrected chi connectivity index (χ2v) is 3.94. The Labute approximate surface area is 107 Å². The van der Waals surface area contributed by atoms with Gasteiger partial charge in [-0.15, -0.1) is 0 Å². The number of ether oxygens (including phenoxy) is 1. The van der Waals surface area contributed by atoms with Crippen molar-refractivity contribution in [3.05, 3.63) is 29.6 Å². The first-order valence-electron chi connectivity index (χ1n) is 5.40. The molecule has 1 aromatic carbocycles. The third-order valence-electron chi connectivity index (χ3n) is 2.48. The van der Waals surface area contributed by atoms with Crippen LogP contribution in [-0.4, -0.2) is 37.7 Å².